The number of nitrogens with zero attached hydrogens (tertiary/aromatic N) is 4. The molecule has 0 spiro atoms. The zero-order chi connectivity index (χ0) is 19.2. The second kappa shape index (κ2) is 8.49. The van der Waals surface area contributed by atoms with Crippen molar-refractivity contribution < 1.29 is 4.79 Å². The van der Waals surface area contributed by atoms with Gasteiger partial charge >= 0.3 is 0 Å². The summed E-state index contributed by atoms with van der Waals surface area (Å²) in [4.78, 5) is 30.3. The molecule has 27 heavy (non-hydrogen) atoms. The van der Waals surface area contributed by atoms with Crippen LogP contribution >= 0.6 is 0 Å². The maximum atomic E-state index is 12.9. The van der Waals surface area contributed by atoms with Crippen LogP contribution in [0.15, 0.2) is 42.7 Å². The minimum Gasteiger partial charge on any atom is -0.354 e. The summed E-state index contributed by atoms with van der Waals surface area (Å²) < 4.78 is 0. The van der Waals surface area contributed by atoms with E-state index in [2.05, 4.69) is 32.2 Å². The number of pyridine rings is 1. The highest BCUT2D eigenvalue weighted by atomic mass is 16.1. The first-order valence-electron chi connectivity index (χ1n) is 9.11. The first-order chi connectivity index (χ1) is 13.1. The molecule has 2 aromatic heterocycles. The summed E-state index contributed by atoms with van der Waals surface area (Å²) >= 11 is 0. The van der Waals surface area contributed by atoms with E-state index in [0.717, 1.165) is 36.1 Å². The average Bonchev–Trinajstić information content (AvgIpc) is 2.68. The summed E-state index contributed by atoms with van der Waals surface area (Å²) in [5, 5.41) is 3.21. The van der Waals surface area contributed by atoms with E-state index in [0.29, 0.717) is 17.3 Å². The topological polar surface area (TPSA) is 80.7 Å². The fourth-order valence-corrected chi connectivity index (χ4v) is 2.84. The molecule has 0 atom stereocenters. The first-order valence-corrected chi connectivity index (χ1v) is 9.11. The largest absolute Gasteiger partial charge is 0.354 e. The molecule has 0 fully saturated rings. The van der Waals surface area contributed by atoms with Crippen LogP contribution in [0.3, 0.4) is 0 Å². The minimum atomic E-state index is -0.267. The number of benzene rings is 1. The third-order valence-electron chi connectivity index (χ3n) is 4.28. The molecule has 1 aromatic carbocycles. The Hall–Kier alpha value is -3.15. The summed E-state index contributed by atoms with van der Waals surface area (Å²) in [5.41, 5.74) is 3.50. The van der Waals surface area contributed by atoms with Gasteiger partial charge in [-0.15, -0.1) is 0 Å². The third kappa shape index (κ3) is 4.34. The minimum absolute atomic E-state index is 0.120. The molecule has 138 valence electrons. The second-order valence-corrected chi connectivity index (χ2v) is 6.42. The van der Waals surface area contributed by atoms with Crippen LogP contribution in [0.5, 0.6) is 0 Å². The van der Waals surface area contributed by atoms with E-state index in [4.69, 9.17) is 0 Å². The first kappa shape index (κ1) is 18.6. The Bertz CT molecular complexity index is 920. The summed E-state index contributed by atoms with van der Waals surface area (Å²) in [7, 11) is 0. The Labute approximate surface area is 159 Å². The maximum Gasteiger partial charge on any atom is 0.231 e. The molecule has 2 heterocycles. The Morgan fingerprint density at radius 1 is 1.04 bits per heavy atom. The van der Waals surface area contributed by atoms with E-state index in [1.165, 1.54) is 6.20 Å². The Morgan fingerprint density at radius 3 is 2.48 bits per heavy atom. The molecule has 0 aliphatic heterocycles. The number of ketones is 1. The van der Waals surface area contributed by atoms with Gasteiger partial charge in [-0.3, -0.25) is 9.78 Å². The standard InChI is InChI=1S/C21H23N5O/c1-4-5-12-23-21-25-19(17-14(2)8-6-9-15(17)3)24-20(26-21)18(27)16-10-7-11-22-13-16/h6-11,13H,4-5,12H2,1-3H3,(H,23,24,25,26). The van der Waals surface area contributed by atoms with Gasteiger partial charge in [-0.25, -0.2) is 4.98 Å². The van der Waals surface area contributed by atoms with Gasteiger partial charge in [0, 0.05) is 30.1 Å². The number of anilines is 1. The predicted octanol–water partition coefficient (Wildman–Crippen LogP) is 3.99. The fraction of sp³-hybridized carbons (Fsp3) is 0.286. The van der Waals surface area contributed by atoms with Crippen LogP contribution in [0.1, 0.15) is 47.1 Å². The lowest BCUT2D eigenvalue weighted by Crippen LogP contribution is -2.14. The number of aryl methyl sites for hydroxylation is 2. The number of unbranched alkanes of at least 4 members (excludes halogenated alkanes) is 1. The van der Waals surface area contributed by atoms with Gasteiger partial charge in [-0.05, 0) is 43.5 Å². The second-order valence-electron chi connectivity index (χ2n) is 6.42. The zero-order valence-corrected chi connectivity index (χ0v) is 15.9. The summed E-state index contributed by atoms with van der Waals surface area (Å²) in [6, 6.07) is 9.46. The number of nitrogens with one attached hydrogen (secondary N) is 1. The van der Waals surface area contributed by atoms with Crippen LogP contribution in [0.4, 0.5) is 5.95 Å². The van der Waals surface area contributed by atoms with Crippen molar-refractivity contribution in [2.24, 2.45) is 0 Å². The van der Waals surface area contributed by atoms with Crippen LogP contribution in [0.2, 0.25) is 0 Å². The van der Waals surface area contributed by atoms with Gasteiger partial charge in [0.1, 0.15) is 0 Å². The van der Waals surface area contributed by atoms with E-state index in [9.17, 15) is 4.79 Å². The summed E-state index contributed by atoms with van der Waals surface area (Å²) in [6.45, 7) is 6.89. The molecule has 0 unspecified atom stereocenters. The number of carbonyl (C=O) groups excluding carboxylic acids is 1. The van der Waals surface area contributed by atoms with Crippen molar-refractivity contribution in [3.63, 3.8) is 0 Å². The van der Waals surface area contributed by atoms with Crippen LogP contribution in [0.25, 0.3) is 11.4 Å². The SMILES string of the molecule is CCCCNc1nc(C(=O)c2cccnc2)nc(-c2c(C)cccc2C)n1. The predicted molar refractivity (Wildman–Crippen MR) is 106 cm³/mol. The number of hydrogen-bond donors (Lipinski definition) is 1. The van der Waals surface area contributed by atoms with E-state index in [1.807, 2.05) is 32.0 Å². The molecular formula is C21H23N5O. The van der Waals surface area contributed by atoms with Crippen molar-refractivity contribution in [3.05, 3.63) is 65.2 Å². The van der Waals surface area contributed by atoms with Crippen molar-refractivity contribution in [2.45, 2.75) is 33.6 Å². The van der Waals surface area contributed by atoms with Crippen LogP contribution in [-0.4, -0.2) is 32.3 Å². The molecule has 1 N–H and O–H groups in total. The van der Waals surface area contributed by atoms with Gasteiger partial charge in [0.2, 0.25) is 17.6 Å². The third-order valence-corrected chi connectivity index (χ3v) is 4.28. The van der Waals surface area contributed by atoms with E-state index in [1.54, 1.807) is 18.3 Å². The highest BCUT2D eigenvalue weighted by Crippen LogP contribution is 2.25. The molecule has 6 nitrogen and oxygen atoms in total. The van der Waals surface area contributed by atoms with Crippen LogP contribution in [0, 0.1) is 13.8 Å². The molecule has 0 amide bonds. The van der Waals surface area contributed by atoms with Crippen molar-refractivity contribution in [2.75, 3.05) is 11.9 Å². The molecule has 6 heteroatoms. The monoisotopic (exact) mass is 361 g/mol. The quantitative estimate of drug-likeness (QED) is 0.506. The Kier molecular flexibility index (Phi) is 5.86. The summed E-state index contributed by atoms with van der Waals surface area (Å²) in [5.74, 6) is 0.779. The van der Waals surface area contributed by atoms with E-state index in [-0.39, 0.29) is 11.6 Å². The highest BCUT2D eigenvalue weighted by molar-refractivity contribution is 6.06. The van der Waals surface area contributed by atoms with Crippen molar-refractivity contribution in [1.29, 1.82) is 0 Å². The smallest absolute Gasteiger partial charge is 0.231 e. The molecule has 3 rings (SSSR count). The van der Waals surface area contributed by atoms with Crippen LogP contribution in [-0.2, 0) is 0 Å². The highest BCUT2D eigenvalue weighted by Gasteiger charge is 2.18. The maximum absolute atomic E-state index is 12.9. The normalized spacial score (nSPS) is 10.6. The van der Waals surface area contributed by atoms with Crippen molar-refractivity contribution in [3.8, 4) is 11.4 Å². The lowest BCUT2D eigenvalue weighted by atomic mass is 10.0. The zero-order valence-electron chi connectivity index (χ0n) is 15.9. The molecule has 0 radical (unpaired) electrons. The number of carbonyl (C=O) groups is 1. The fourth-order valence-electron chi connectivity index (χ4n) is 2.84. The van der Waals surface area contributed by atoms with Crippen molar-refractivity contribution >= 4 is 11.7 Å². The number of rotatable bonds is 7. The average molecular weight is 361 g/mol. The summed E-state index contributed by atoms with van der Waals surface area (Å²) in [6.07, 6.45) is 5.21. The number of hydrogen-bond acceptors (Lipinski definition) is 6. The van der Waals surface area contributed by atoms with Gasteiger partial charge in [-0.2, -0.15) is 9.97 Å². The molecule has 0 saturated carbocycles. The Morgan fingerprint density at radius 2 is 1.81 bits per heavy atom. The molecule has 0 aliphatic rings. The lowest BCUT2D eigenvalue weighted by molar-refractivity contribution is 0.102. The molecule has 3 aromatic rings. The van der Waals surface area contributed by atoms with Gasteiger partial charge in [-0.1, -0.05) is 31.5 Å². The van der Waals surface area contributed by atoms with Gasteiger partial charge in [0.15, 0.2) is 5.82 Å². The number of aromatic nitrogens is 4. The molecular weight excluding hydrogens is 338 g/mol. The lowest BCUT2D eigenvalue weighted by Gasteiger charge is -2.12. The van der Waals surface area contributed by atoms with Crippen LogP contribution < -0.4 is 5.32 Å². The van der Waals surface area contributed by atoms with Crippen molar-refractivity contribution in [1.82, 2.24) is 19.9 Å². The molecule has 0 bridgehead atoms. The van der Waals surface area contributed by atoms with Gasteiger partial charge in [0.05, 0.1) is 0 Å². The van der Waals surface area contributed by atoms with Gasteiger partial charge in [0.25, 0.3) is 0 Å². The van der Waals surface area contributed by atoms with E-state index >= 15 is 0 Å². The van der Waals surface area contributed by atoms with E-state index < -0.39 is 0 Å². The van der Waals surface area contributed by atoms with Gasteiger partial charge < -0.3 is 5.32 Å². The molecule has 0 aliphatic carbocycles. The Balaban J connectivity index is 2.08. The molecule has 0 saturated heterocycles.